The lowest BCUT2D eigenvalue weighted by Crippen LogP contribution is -2.41. The average Bonchev–Trinajstić information content (AvgIpc) is 3.36. The van der Waals surface area contributed by atoms with Crippen LogP contribution in [0.1, 0.15) is 27.7 Å². The molecule has 0 amide bonds. The Hall–Kier alpha value is -3.60. The molecule has 0 aliphatic carbocycles. The normalized spacial score (nSPS) is 17.1. The second-order valence-electron chi connectivity index (χ2n) is 10.8. The van der Waals surface area contributed by atoms with Gasteiger partial charge in [0.2, 0.25) is 0 Å². The van der Waals surface area contributed by atoms with Crippen molar-refractivity contribution in [3.8, 4) is 11.1 Å². The second-order valence-corrected chi connectivity index (χ2v) is 10.8. The van der Waals surface area contributed by atoms with Gasteiger partial charge in [0, 0.05) is 27.2 Å². The molecule has 7 rings (SSSR count). The Bertz CT molecular complexity index is 1780. The number of hydrogen-bond donors (Lipinski definition) is 0. The smallest absolute Gasteiger partial charge is 0.456 e. The van der Waals surface area contributed by atoms with Crippen LogP contribution >= 0.6 is 0 Å². The van der Waals surface area contributed by atoms with Gasteiger partial charge in [0.15, 0.2) is 0 Å². The zero-order chi connectivity index (χ0) is 24.7. The van der Waals surface area contributed by atoms with Crippen LogP contribution in [0.2, 0.25) is 0 Å². The summed E-state index contributed by atoms with van der Waals surface area (Å²) < 4.78 is 20.1. The largest absolute Gasteiger partial charge is 0.499 e. The molecular weight excluding hydrogens is 443 g/mol. The summed E-state index contributed by atoms with van der Waals surface area (Å²) in [5, 5.41) is 6.72. The number of furan rings is 1. The Morgan fingerprint density at radius 3 is 1.89 bits per heavy atom. The minimum Gasteiger partial charge on any atom is -0.456 e. The molecule has 0 saturated carbocycles. The van der Waals surface area contributed by atoms with Crippen LogP contribution in [0.3, 0.4) is 0 Å². The van der Waals surface area contributed by atoms with Gasteiger partial charge < -0.3 is 13.7 Å². The highest BCUT2D eigenvalue weighted by atomic mass is 16.7. The number of fused-ring (bicyclic) bond motifs is 6. The van der Waals surface area contributed by atoms with Crippen molar-refractivity contribution in [3.05, 3.63) is 91.0 Å². The van der Waals surface area contributed by atoms with Crippen LogP contribution in [0.25, 0.3) is 54.6 Å². The summed E-state index contributed by atoms with van der Waals surface area (Å²) in [7, 11) is -0.543. The maximum absolute atomic E-state index is 6.86. The molecule has 0 N–H and O–H groups in total. The third-order valence-corrected chi connectivity index (χ3v) is 8.11. The van der Waals surface area contributed by atoms with Gasteiger partial charge in [0.25, 0.3) is 0 Å². The minimum absolute atomic E-state index is 0.456. The Morgan fingerprint density at radius 2 is 1.17 bits per heavy atom. The maximum Gasteiger partial charge on any atom is 0.499 e. The molecule has 6 aromatic rings. The topological polar surface area (TPSA) is 31.6 Å². The van der Waals surface area contributed by atoms with Gasteiger partial charge in [-0.25, -0.2) is 0 Å². The first-order valence-corrected chi connectivity index (χ1v) is 12.6. The average molecular weight is 470 g/mol. The summed E-state index contributed by atoms with van der Waals surface area (Å²) in [4.78, 5) is 0. The molecule has 4 heteroatoms. The van der Waals surface area contributed by atoms with Gasteiger partial charge in [-0.05, 0) is 55.5 Å². The van der Waals surface area contributed by atoms with Crippen LogP contribution in [-0.2, 0) is 9.31 Å². The van der Waals surface area contributed by atoms with E-state index in [2.05, 4.69) is 119 Å². The van der Waals surface area contributed by atoms with Crippen molar-refractivity contribution in [2.45, 2.75) is 38.9 Å². The Morgan fingerprint density at radius 1 is 0.556 bits per heavy atom. The lowest BCUT2D eigenvalue weighted by Gasteiger charge is -2.32. The molecule has 0 radical (unpaired) electrons. The van der Waals surface area contributed by atoms with E-state index in [1.807, 2.05) is 0 Å². The van der Waals surface area contributed by atoms with Gasteiger partial charge in [-0.3, -0.25) is 0 Å². The SMILES string of the molecule is CC1(C)OB(c2c3ccccc3c(-c3ccccc3)c3c2oc2c4ccccc4ccc23)OC1(C)C. The highest BCUT2D eigenvalue weighted by Crippen LogP contribution is 2.44. The lowest BCUT2D eigenvalue weighted by atomic mass is 9.73. The van der Waals surface area contributed by atoms with Crippen molar-refractivity contribution in [3.63, 3.8) is 0 Å². The van der Waals surface area contributed by atoms with Crippen molar-refractivity contribution in [2.75, 3.05) is 0 Å². The molecule has 3 nitrogen and oxygen atoms in total. The van der Waals surface area contributed by atoms with E-state index >= 15 is 0 Å². The summed E-state index contributed by atoms with van der Waals surface area (Å²) in [6.45, 7) is 8.38. The Balaban J connectivity index is 1.69. The monoisotopic (exact) mass is 470 g/mol. The van der Waals surface area contributed by atoms with Gasteiger partial charge in [-0.1, -0.05) is 84.9 Å². The van der Waals surface area contributed by atoms with Crippen LogP contribution in [0.4, 0.5) is 0 Å². The fraction of sp³-hybridized carbons (Fsp3) is 0.188. The standard InChI is InChI=1S/C32H27BO3/c1-31(2)32(3,4)36-33(35-31)28-24-17-11-10-16-23(24)26(21-13-6-5-7-14-21)27-25-19-18-20-12-8-9-15-22(20)29(25)34-30(27)28/h5-19H,1-4H3. The number of rotatable bonds is 2. The van der Waals surface area contributed by atoms with Crippen molar-refractivity contribution in [1.82, 2.24) is 0 Å². The third-order valence-electron chi connectivity index (χ3n) is 8.11. The molecular formula is C32H27BO3. The van der Waals surface area contributed by atoms with E-state index in [-0.39, 0.29) is 0 Å². The summed E-state index contributed by atoms with van der Waals surface area (Å²) in [6.07, 6.45) is 0. The van der Waals surface area contributed by atoms with E-state index < -0.39 is 18.3 Å². The minimum atomic E-state index is -0.543. The van der Waals surface area contributed by atoms with Crippen LogP contribution in [0, 0.1) is 0 Å². The molecule has 5 aromatic carbocycles. The molecule has 0 bridgehead atoms. The molecule has 2 heterocycles. The van der Waals surface area contributed by atoms with Gasteiger partial charge in [-0.15, -0.1) is 0 Å². The van der Waals surface area contributed by atoms with Gasteiger partial charge in [0.05, 0.1) is 11.2 Å². The summed E-state index contributed by atoms with van der Waals surface area (Å²) in [5.41, 5.74) is 4.11. The zero-order valence-electron chi connectivity index (χ0n) is 21.0. The quantitative estimate of drug-likeness (QED) is 0.242. The van der Waals surface area contributed by atoms with E-state index in [1.54, 1.807) is 0 Å². The fourth-order valence-corrected chi connectivity index (χ4v) is 5.56. The number of hydrogen-bond acceptors (Lipinski definition) is 3. The molecule has 176 valence electrons. The summed E-state index contributed by atoms with van der Waals surface area (Å²) in [6, 6.07) is 31.9. The molecule has 0 atom stereocenters. The van der Waals surface area contributed by atoms with Gasteiger partial charge >= 0.3 is 7.12 Å². The van der Waals surface area contributed by atoms with E-state index in [9.17, 15) is 0 Å². The predicted octanol–water partition coefficient (Wildman–Crippen LogP) is 7.86. The summed E-state index contributed by atoms with van der Waals surface area (Å²) >= 11 is 0. The fourth-order valence-electron chi connectivity index (χ4n) is 5.56. The molecule has 1 aromatic heterocycles. The predicted molar refractivity (Wildman–Crippen MR) is 150 cm³/mol. The zero-order valence-corrected chi connectivity index (χ0v) is 21.0. The van der Waals surface area contributed by atoms with Crippen molar-refractivity contribution in [1.29, 1.82) is 0 Å². The first-order valence-electron chi connectivity index (χ1n) is 12.6. The van der Waals surface area contributed by atoms with Crippen LogP contribution < -0.4 is 5.46 Å². The molecule has 36 heavy (non-hydrogen) atoms. The van der Waals surface area contributed by atoms with Crippen molar-refractivity contribution in [2.24, 2.45) is 0 Å². The van der Waals surface area contributed by atoms with E-state index in [1.165, 1.54) is 5.56 Å². The van der Waals surface area contributed by atoms with Crippen LogP contribution in [0.5, 0.6) is 0 Å². The highest BCUT2D eigenvalue weighted by molar-refractivity contribution is 6.69. The molecule has 1 aliphatic rings. The van der Waals surface area contributed by atoms with Crippen molar-refractivity contribution < 1.29 is 13.7 Å². The van der Waals surface area contributed by atoms with Crippen molar-refractivity contribution >= 4 is 56.1 Å². The molecule has 1 fully saturated rings. The maximum atomic E-state index is 6.86. The summed E-state index contributed by atoms with van der Waals surface area (Å²) in [5.74, 6) is 0. The molecule has 1 saturated heterocycles. The van der Waals surface area contributed by atoms with Crippen LogP contribution in [0.15, 0.2) is 95.4 Å². The lowest BCUT2D eigenvalue weighted by molar-refractivity contribution is 0.00578. The Kier molecular flexibility index (Phi) is 4.49. The first-order chi connectivity index (χ1) is 17.4. The van der Waals surface area contributed by atoms with Gasteiger partial charge in [-0.2, -0.15) is 0 Å². The van der Waals surface area contributed by atoms with E-state index in [0.29, 0.717) is 0 Å². The van der Waals surface area contributed by atoms with Gasteiger partial charge in [0.1, 0.15) is 11.2 Å². The van der Waals surface area contributed by atoms with E-state index in [0.717, 1.165) is 54.5 Å². The van der Waals surface area contributed by atoms with E-state index in [4.69, 9.17) is 13.7 Å². The highest BCUT2D eigenvalue weighted by Gasteiger charge is 2.53. The Labute approximate surface area is 210 Å². The number of benzene rings is 5. The second kappa shape index (κ2) is 7.46. The first kappa shape index (κ1) is 21.7. The molecule has 1 aliphatic heterocycles. The third kappa shape index (κ3) is 2.95. The van der Waals surface area contributed by atoms with Crippen LogP contribution in [-0.4, -0.2) is 18.3 Å². The molecule has 0 spiro atoms. The molecule has 0 unspecified atom stereocenters.